The van der Waals surface area contributed by atoms with Gasteiger partial charge in [-0.25, -0.2) is 4.98 Å². The summed E-state index contributed by atoms with van der Waals surface area (Å²) in [6, 6.07) is 14.8. The number of nitrogens with one attached hydrogen (secondary N) is 3. The van der Waals surface area contributed by atoms with Crippen molar-refractivity contribution in [3.63, 3.8) is 0 Å². The lowest BCUT2D eigenvalue weighted by atomic mass is 10.1. The number of benzene rings is 2. The highest BCUT2D eigenvalue weighted by Crippen LogP contribution is 2.09. The van der Waals surface area contributed by atoms with Gasteiger partial charge in [0.25, 0.3) is 5.91 Å². The number of carbonyl (C=O) groups excluding carboxylic acids is 2. The molecule has 0 atom stereocenters. The summed E-state index contributed by atoms with van der Waals surface area (Å²) in [6.07, 6.45) is 0. The molecule has 0 saturated carbocycles. The van der Waals surface area contributed by atoms with Gasteiger partial charge in [-0.15, -0.1) is 0 Å². The van der Waals surface area contributed by atoms with E-state index < -0.39 is 0 Å². The van der Waals surface area contributed by atoms with Gasteiger partial charge in [-0.05, 0) is 31.2 Å². The molecule has 0 fully saturated rings. The van der Waals surface area contributed by atoms with Gasteiger partial charge >= 0.3 is 0 Å². The van der Waals surface area contributed by atoms with Crippen LogP contribution in [-0.2, 0) is 11.3 Å². The van der Waals surface area contributed by atoms with E-state index in [-0.39, 0.29) is 24.9 Å². The first-order valence-corrected chi connectivity index (χ1v) is 7.67. The molecule has 0 aliphatic heterocycles. The van der Waals surface area contributed by atoms with Gasteiger partial charge in [-0.1, -0.05) is 29.8 Å². The Kier molecular flexibility index (Phi) is 4.56. The molecule has 0 radical (unpaired) electrons. The van der Waals surface area contributed by atoms with Crippen LogP contribution in [0.15, 0.2) is 48.5 Å². The molecule has 122 valence electrons. The standard InChI is InChI=1S/C18H18N4O2/c1-12-6-8-13(9-7-12)18(24)20-11-17(23)19-10-16-21-14-4-2-3-5-15(14)22-16/h2-9H,10-11H2,1H3,(H,19,23)(H,20,24)(H,21,22). The first-order valence-electron chi connectivity index (χ1n) is 7.67. The Hall–Kier alpha value is -3.15. The van der Waals surface area contributed by atoms with Gasteiger partial charge in [0.2, 0.25) is 5.91 Å². The highest BCUT2D eigenvalue weighted by Gasteiger charge is 2.08. The number of para-hydroxylation sites is 2. The summed E-state index contributed by atoms with van der Waals surface area (Å²) in [5, 5.41) is 5.33. The van der Waals surface area contributed by atoms with E-state index in [1.54, 1.807) is 12.1 Å². The molecule has 3 rings (SSSR count). The minimum Gasteiger partial charge on any atom is -0.347 e. The molecule has 3 N–H and O–H groups in total. The zero-order chi connectivity index (χ0) is 16.9. The van der Waals surface area contributed by atoms with E-state index in [0.29, 0.717) is 11.4 Å². The van der Waals surface area contributed by atoms with Gasteiger partial charge in [0.15, 0.2) is 0 Å². The molecule has 3 aromatic rings. The van der Waals surface area contributed by atoms with Gasteiger partial charge in [0, 0.05) is 5.56 Å². The maximum Gasteiger partial charge on any atom is 0.251 e. The van der Waals surface area contributed by atoms with E-state index in [1.165, 1.54) is 0 Å². The largest absolute Gasteiger partial charge is 0.347 e. The van der Waals surface area contributed by atoms with Crippen molar-refractivity contribution in [2.24, 2.45) is 0 Å². The Morgan fingerprint density at radius 1 is 1.04 bits per heavy atom. The summed E-state index contributed by atoms with van der Waals surface area (Å²) in [5.74, 6) is 0.138. The van der Waals surface area contributed by atoms with Gasteiger partial charge in [-0.2, -0.15) is 0 Å². The van der Waals surface area contributed by atoms with E-state index in [2.05, 4.69) is 20.6 Å². The van der Waals surface area contributed by atoms with Gasteiger partial charge in [-0.3, -0.25) is 9.59 Å². The van der Waals surface area contributed by atoms with Gasteiger partial charge in [0.1, 0.15) is 5.82 Å². The van der Waals surface area contributed by atoms with E-state index in [1.807, 2.05) is 43.3 Å². The summed E-state index contributed by atoms with van der Waals surface area (Å²) < 4.78 is 0. The van der Waals surface area contributed by atoms with Crippen LogP contribution in [0.25, 0.3) is 11.0 Å². The average molecular weight is 322 g/mol. The van der Waals surface area contributed by atoms with Crippen LogP contribution in [0.4, 0.5) is 0 Å². The molecule has 24 heavy (non-hydrogen) atoms. The second-order valence-electron chi connectivity index (χ2n) is 5.53. The van der Waals surface area contributed by atoms with Gasteiger partial charge in [0.05, 0.1) is 24.1 Å². The number of aromatic amines is 1. The number of aryl methyl sites for hydroxylation is 1. The molecule has 1 heterocycles. The minimum atomic E-state index is -0.270. The normalized spacial score (nSPS) is 10.5. The van der Waals surface area contributed by atoms with E-state index in [9.17, 15) is 9.59 Å². The fourth-order valence-corrected chi connectivity index (χ4v) is 2.30. The Morgan fingerprint density at radius 2 is 1.79 bits per heavy atom. The number of nitrogens with zero attached hydrogens (tertiary/aromatic N) is 1. The molecular weight excluding hydrogens is 304 g/mol. The van der Waals surface area contributed by atoms with E-state index in [4.69, 9.17) is 0 Å². The first-order chi connectivity index (χ1) is 11.6. The highest BCUT2D eigenvalue weighted by atomic mass is 16.2. The number of fused-ring (bicyclic) bond motifs is 1. The van der Waals surface area contributed by atoms with Crippen LogP contribution in [0.2, 0.25) is 0 Å². The number of carbonyl (C=O) groups is 2. The quantitative estimate of drug-likeness (QED) is 0.671. The molecule has 0 bridgehead atoms. The fraction of sp³-hybridized carbons (Fsp3) is 0.167. The monoisotopic (exact) mass is 322 g/mol. The van der Waals surface area contributed by atoms with Crippen LogP contribution in [0.1, 0.15) is 21.7 Å². The molecule has 6 heteroatoms. The smallest absolute Gasteiger partial charge is 0.251 e. The number of hydrogen-bond donors (Lipinski definition) is 3. The van der Waals surface area contributed by atoms with Crippen molar-refractivity contribution in [1.82, 2.24) is 20.6 Å². The van der Waals surface area contributed by atoms with Crippen molar-refractivity contribution >= 4 is 22.8 Å². The minimum absolute atomic E-state index is 0.0765. The molecule has 6 nitrogen and oxygen atoms in total. The molecule has 2 aromatic carbocycles. The maximum absolute atomic E-state index is 11.9. The second-order valence-corrected chi connectivity index (χ2v) is 5.53. The lowest BCUT2D eigenvalue weighted by Crippen LogP contribution is -2.36. The zero-order valence-electron chi connectivity index (χ0n) is 13.3. The molecule has 1 aromatic heterocycles. The van der Waals surface area contributed by atoms with Crippen molar-refractivity contribution in [1.29, 1.82) is 0 Å². The number of aromatic nitrogens is 2. The molecule has 0 aliphatic carbocycles. The number of hydrogen-bond acceptors (Lipinski definition) is 3. The predicted octanol–water partition coefficient (Wildman–Crippen LogP) is 1.92. The molecule has 2 amide bonds. The average Bonchev–Trinajstić information content (AvgIpc) is 3.01. The third-order valence-corrected chi connectivity index (χ3v) is 3.61. The van der Waals surface area contributed by atoms with Crippen LogP contribution in [0.5, 0.6) is 0 Å². The third kappa shape index (κ3) is 3.78. The molecule has 0 saturated heterocycles. The van der Waals surface area contributed by atoms with Crippen molar-refractivity contribution in [3.8, 4) is 0 Å². The maximum atomic E-state index is 11.9. The van der Waals surface area contributed by atoms with Crippen LogP contribution >= 0.6 is 0 Å². The van der Waals surface area contributed by atoms with Crippen LogP contribution in [0, 0.1) is 6.92 Å². The van der Waals surface area contributed by atoms with Crippen LogP contribution < -0.4 is 10.6 Å². The van der Waals surface area contributed by atoms with Crippen LogP contribution in [-0.4, -0.2) is 28.3 Å². The summed E-state index contributed by atoms with van der Waals surface area (Å²) in [7, 11) is 0. The number of rotatable bonds is 5. The predicted molar refractivity (Wildman–Crippen MR) is 91.5 cm³/mol. The lowest BCUT2D eigenvalue weighted by molar-refractivity contribution is -0.120. The second kappa shape index (κ2) is 6.95. The van der Waals surface area contributed by atoms with Gasteiger partial charge < -0.3 is 15.6 Å². The third-order valence-electron chi connectivity index (χ3n) is 3.61. The summed E-state index contributed by atoms with van der Waals surface area (Å²) >= 11 is 0. The summed E-state index contributed by atoms with van der Waals surface area (Å²) in [4.78, 5) is 31.3. The molecule has 0 unspecified atom stereocenters. The topological polar surface area (TPSA) is 86.9 Å². The number of imidazole rings is 1. The first kappa shape index (κ1) is 15.7. The molecular formula is C18H18N4O2. The van der Waals surface area contributed by atoms with Crippen molar-refractivity contribution in [2.45, 2.75) is 13.5 Å². The molecule has 0 aliphatic rings. The Labute approximate surface area is 139 Å². The van der Waals surface area contributed by atoms with Crippen LogP contribution in [0.3, 0.4) is 0 Å². The SMILES string of the molecule is Cc1ccc(C(=O)NCC(=O)NCc2nc3ccccc3[nH]2)cc1. The summed E-state index contributed by atoms with van der Waals surface area (Å²) in [5.41, 5.74) is 3.39. The van der Waals surface area contributed by atoms with E-state index >= 15 is 0 Å². The van der Waals surface area contributed by atoms with E-state index in [0.717, 1.165) is 16.6 Å². The van der Waals surface area contributed by atoms with Crippen molar-refractivity contribution < 1.29 is 9.59 Å². The highest BCUT2D eigenvalue weighted by molar-refractivity contribution is 5.96. The Balaban J connectivity index is 1.48. The van der Waals surface area contributed by atoms with Crippen molar-refractivity contribution in [2.75, 3.05) is 6.54 Å². The lowest BCUT2D eigenvalue weighted by Gasteiger charge is -2.06. The Morgan fingerprint density at radius 3 is 2.54 bits per heavy atom. The Bertz CT molecular complexity index is 835. The zero-order valence-corrected chi connectivity index (χ0v) is 13.3. The fourth-order valence-electron chi connectivity index (χ4n) is 2.30. The molecule has 0 spiro atoms. The number of amides is 2. The summed E-state index contributed by atoms with van der Waals surface area (Å²) in [6.45, 7) is 2.16. The van der Waals surface area contributed by atoms with Crippen molar-refractivity contribution in [3.05, 3.63) is 65.5 Å². The number of H-pyrrole nitrogens is 1.